The Kier molecular flexibility index (Phi) is 8.46. The quantitative estimate of drug-likeness (QED) is 0.323. The van der Waals surface area contributed by atoms with E-state index >= 15 is 0 Å². The molecule has 3 N–H and O–H groups in total. The highest BCUT2D eigenvalue weighted by atomic mass is 19.1. The van der Waals surface area contributed by atoms with Gasteiger partial charge < -0.3 is 25.6 Å². The Labute approximate surface area is 182 Å². The molecular weight excluding hydrogens is 400 g/mol. The van der Waals surface area contributed by atoms with Crippen molar-refractivity contribution in [3.63, 3.8) is 0 Å². The van der Waals surface area contributed by atoms with Gasteiger partial charge in [-0.2, -0.15) is 0 Å². The third kappa shape index (κ3) is 6.55. The minimum Gasteiger partial charge on any atom is -0.383 e. The van der Waals surface area contributed by atoms with Crippen molar-refractivity contribution in [3.8, 4) is 0 Å². The van der Waals surface area contributed by atoms with Gasteiger partial charge in [0.15, 0.2) is 5.96 Å². The topological polar surface area (TPSA) is 60.9 Å². The van der Waals surface area contributed by atoms with Crippen LogP contribution in [0.25, 0.3) is 0 Å². The zero-order chi connectivity index (χ0) is 22.1. The largest absolute Gasteiger partial charge is 0.383 e. The molecule has 0 bridgehead atoms. The summed E-state index contributed by atoms with van der Waals surface area (Å²) in [6.45, 7) is 5.80. The molecule has 2 aromatic carbocycles. The van der Waals surface area contributed by atoms with Gasteiger partial charge in [-0.05, 0) is 43.2 Å². The minimum atomic E-state index is -0.526. The fourth-order valence-corrected chi connectivity index (χ4v) is 3.58. The average Bonchev–Trinajstić information content (AvgIpc) is 3.21. The van der Waals surface area contributed by atoms with Crippen LogP contribution in [0.4, 0.5) is 20.2 Å². The summed E-state index contributed by atoms with van der Waals surface area (Å²) in [5.74, 6) is -0.353. The number of guanidine groups is 1. The second-order valence-corrected chi connectivity index (χ2v) is 7.46. The van der Waals surface area contributed by atoms with Crippen LogP contribution in [-0.4, -0.2) is 51.9 Å². The van der Waals surface area contributed by atoms with E-state index in [-0.39, 0.29) is 11.7 Å². The van der Waals surface area contributed by atoms with Crippen molar-refractivity contribution in [1.82, 2.24) is 10.6 Å². The first kappa shape index (κ1) is 22.8. The molecule has 6 nitrogen and oxygen atoms in total. The SMILES string of the molecule is CCNC(=NCc1ccc(NCCOC)cc1)NC1CCN(c2c(F)cccc2F)C1. The summed E-state index contributed by atoms with van der Waals surface area (Å²) >= 11 is 0. The molecule has 3 rings (SSSR count). The van der Waals surface area contributed by atoms with E-state index in [0.717, 1.165) is 30.8 Å². The number of halogens is 2. The smallest absolute Gasteiger partial charge is 0.191 e. The number of methoxy groups -OCH3 is 1. The number of nitrogens with one attached hydrogen (secondary N) is 3. The van der Waals surface area contributed by atoms with E-state index in [1.807, 2.05) is 31.2 Å². The lowest BCUT2D eigenvalue weighted by molar-refractivity contribution is 0.211. The van der Waals surface area contributed by atoms with Gasteiger partial charge in [-0.25, -0.2) is 13.8 Å². The predicted molar refractivity (Wildman–Crippen MR) is 122 cm³/mol. The molecule has 1 heterocycles. The van der Waals surface area contributed by atoms with E-state index in [1.165, 1.54) is 18.2 Å². The van der Waals surface area contributed by atoms with E-state index < -0.39 is 11.6 Å². The number of anilines is 2. The summed E-state index contributed by atoms with van der Waals surface area (Å²) in [7, 11) is 1.68. The summed E-state index contributed by atoms with van der Waals surface area (Å²) in [5.41, 5.74) is 2.19. The van der Waals surface area contributed by atoms with Gasteiger partial charge >= 0.3 is 0 Å². The van der Waals surface area contributed by atoms with Crippen LogP contribution in [0.2, 0.25) is 0 Å². The van der Waals surface area contributed by atoms with Crippen LogP contribution in [0.15, 0.2) is 47.5 Å². The molecule has 1 unspecified atom stereocenters. The highest BCUT2D eigenvalue weighted by molar-refractivity contribution is 5.80. The number of aliphatic imine (C=N–C) groups is 1. The van der Waals surface area contributed by atoms with Gasteiger partial charge in [0.1, 0.15) is 17.3 Å². The van der Waals surface area contributed by atoms with Gasteiger partial charge in [-0.3, -0.25) is 0 Å². The fourth-order valence-electron chi connectivity index (χ4n) is 3.58. The van der Waals surface area contributed by atoms with Crippen molar-refractivity contribution in [2.75, 3.05) is 50.1 Å². The lowest BCUT2D eigenvalue weighted by atomic mass is 10.2. The van der Waals surface area contributed by atoms with Gasteiger partial charge in [0.05, 0.1) is 13.2 Å². The standard InChI is InChI=1S/C23H31F2N5O/c1-3-26-23(28-15-17-7-9-18(10-8-17)27-12-14-31-2)29-19-11-13-30(16-19)22-20(24)5-4-6-21(22)25/h4-10,19,27H,3,11-16H2,1-2H3,(H2,26,28,29). The maximum absolute atomic E-state index is 14.1. The van der Waals surface area contributed by atoms with Crippen molar-refractivity contribution in [2.24, 2.45) is 4.99 Å². The van der Waals surface area contributed by atoms with Gasteiger partial charge in [-0.15, -0.1) is 0 Å². The second kappa shape index (κ2) is 11.5. The molecule has 0 saturated carbocycles. The minimum absolute atomic E-state index is 0.0490. The normalized spacial score (nSPS) is 16.5. The van der Waals surface area contributed by atoms with E-state index in [1.54, 1.807) is 12.0 Å². The van der Waals surface area contributed by atoms with Crippen molar-refractivity contribution in [2.45, 2.75) is 25.9 Å². The van der Waals surface area contributed by atoms with Gasteiger partial charge in [-0.1, -0.05) is 18.2 Å². The van der Waals surface area contributed by atoms with Crippen LogP contribution in [0, 0.1) is 11.6 Å². The zero-order valence-electron chi connectivity index (χ0n) is 18.1. The summed E-state index contributed by atoms with van der Waals surface area (Å²) in [6, 6.07) is 12.2. The number of benzene rings is 2. The maximum Gasteiger partial charge on any atom is 0.191 e. The van der Waals surface area contributed by atoms with Crippen LogP contribution in [-0.2, 0) is 11.3 Å². The van der Waals surface area contributed by atoms with Crippen molar-refractivity contribution < 1.29 is 13.5 Å². The monoisotopic (exact) mass is 431 g/mol. The molecule has 1 aliphatic rings. The molecular formula is C23H31F2N5O. The third-order valence-corrected chi connectivity index (χ3v) is 5.14. The average molecular weight is 432 g/mol. The van der Waals surface area contributed by atoms with E-state index in [9.17, 15) is 8.78 Å². The number of para-hydroxylation sites is 1. The molecule has 1 fully saturated rings. The molecule has 1 saturated heterocycles. The number of ether oxygens (including phenoxy) is 1. The maximum atomic E-state index is 14.1. The Morgan fingerprint density at radius 1 is 1.16 bits per heavy atom. The lowest BCUT2D eigenvalue weighted by Gasteiger charge is -2.21. The van der Waals surface area contributed by atoms with Crippen molar-refractivity contribution in [1.29, 1.82) is 0 Å². The number of hydrogen-bond donors (Lipinski definition) is 3. The second-order valence-electron chi connectivity index (χ2n) is 7.46. The molecule has 0 amide bonds. The molecule has 0 aliphatic carbocycles. The van der Waals surface area contributed by atoms with Gasteiger partial charge in [0.2, 0.25) is 0 Å². The van der Waals surface area contributed by atoms with E-state index in [2.05, 4.69) is 20.9 Å². The summed E-state index contributed by atoms with van der Waals surface area (Å²) < 4.78 is 33.2. The molecule has 31 heavy (non-hydrogen) atoms. The molecule has 0 spiro atoms. The highest BCUT2D eigenvalue weighted by Gasteiger charge is 2.27. The Morgan fingerprint density at radius 3 is 2.58 bits per heavy atom. The summed E-state index contributed by atoms with van der Waals surface area (Å²) in [5, 5.41) is 9.93. The fraction of sp³-hybridized carbons (Fsp3) is 0.435. The summed E-state index contributed by atoms with van der Waals surface area (Å²) in [4.78, 5) is 6.42. The molecule has 0 aromatic heterocycles. The molecule has 2 aromatic rings. The Bertz CT molecular complexity index is 839. The first-order valence-corrected chi connectivity index (χ1v) is 10.7. The number of hydrogen-bond acceptors (Lipinski definition) is 4. The van der Waals surface area contributed by atoms with Crippen LogP contribution >= 0.6 is 0 Å². The van der Waals surface area contributed by atoms with Gasteiger partial charge in [0, 0.05) is 45.0 Å². The van der Waals surface area contributed by atoms with Crippen LogP contribution < -0.4 is 20.9 Å². The zero-order valence-corrected chi connectivity index (χ0v) is 18.1. The molecule has 8 heteroatoms. The van der Waals surface area contributed by atoms with E-state index in [0.29, 0.717) is 32.2 Å². The van der Waals surface area contributed by atoms with Crippen LogP contribution in [0.1, 0.15) is 18.9 Å². The third-order valence-electron chi connectivity index (χ3n) is 5.14. The lowest BCUT2D eigenvalue weighted by Crippen LogP contribution is -2.44. The Hall–Kier alpha value is -2.87. The van der Waals surface area contributed by atoms with Gasteiger partial charge in [0.25, 0.3) is 0 Å². The van der Waals surface area contributed by atoms with Crippen molar-refractivity contribution >= 4 is 17.3 Å². The molecule has 1 atom stereocenters. The predicted octanol–water partition coefficient (Wildman–Crippen LogP) is 3.36. The molecule has 1 aliphatic heterocycles. The van der Waals surface area contributed by atoms with Crippen molar-refractivity contribution in [3.05, 3.63) is 59.7 Å². The molecule has 168 valence electrons. The van der Waals surface area contributed by atoms with E-state index in [4.69, 9.17) is 4.74 Å². The first-order valence-electron chi connectivity index (χ1n) is 10.7. The highest BCUT2D eigenvalue weighted by Crippen LogP contribution is 2.26. The summed E-state index contributed by atoms with van der Waals surface area (Å²) in [6.07, 6.45) is 0.778. The number of nitrogens with zero attached hydrogens (tertiary/aromatic N) is 2. The number of rotatable bonds is 9. The van der Waals surface area contributed by atoms with Crippen LogP contribution in [0.5, 0.6) is 0 Å². The molecule has 0 radical (unpaired) electrons. The first-order chi connectivity index (χ1) is 15.1. The van der Waals surface area contributed by atoms with Crippen LogP contribution in [0.3, 0.4) is 0 Å². The Balaban J connectivity index is 1.56. The Morgan fingerprint density at radius 2 is 1.90 bits per heavy atom.